The van der Waals surface area contributed by atoms with E-state index in [4.69, 9.17) is 5.10 Å². The molecule has 0 aromatic carbocycles. The van der Waals surface area contributed by atoms with E-state index in [9.17, 15) is 4.79 Å². The van der Waals surface area contributed by atoms with E-state index in [2.05, 4.69) is 35.4 Å². The fourth-order valence-electron chi connectivity index (χ4n) is 5.21. The van der Waals surface area contributed by atoms with Crippen LogP contribution < -0.4 is 0 Å². The zero-order valence-electron chi connectivity index (χ0n) is 18.0. The molecular formula is C22H37N5O. The average molecular weight is 388 g/mol. The molecule has 1 aromatic rings. The molecule has 1 aromatic heterocycles. The molecule has 3 aliphatic rings. The summed E-state index contributed by atoms with van der Waals surface area (Å²) in [6, 6.07) is 0.580. The summed E-state index contributed by atoms with van der Waals surface area (Å²) >= 11 is 0. The third kappa shape index (κ3) is 3.99. The molecule has 0 unspecified atom stereocenters. The van der Waals surface area contributed by atoms with E-state index < -0.39 is 0 Å². The molecule has 6 nitrogen and oxygen atoms in total. The van der Waals surface area contributed by atoms with E-state index in [1.807, 2.05) is 4.90 Å². The Morgan fingerprint density at radius 1 is 1.07 bits per heavy atom. The van der Waals surface area contributed by atoms with Crippen LogP contribution in [0.25, 0.3) is 0 Å². The molecule has 0 bridgehead atoms. The standard InChI is InChI=1S/C22H37N5O/c1-4-27-20-7-6-18(25-12-8-17(2)9-13-25)16-19(20)21(23-27)22(28)26-11-5-10-24(3)14-15-26/h17-18H,4-16H2,1-3H3/t18-/m0/s1. The van der Waals surface area contributed by atoms with Gasteiger partial charge in [0.2, 0.25) is 0 Å². The first-order valence-corrected chi connectivity index (χ1v) is 11.4. The number of likely N-dealkylation sites (N-methyl/N-ethyl adjacent to an activating group) is 1. The number of nitrogens with zero attached hydrogens (tertiary/aromatic N) is 5. The normalized spacial score (nSPS) is 25.5. The number of carbonyl (C=O) groups excluding carboxylic acids is 1. The fraction of sp³-hybridized carbons (Fsp3) is 0.818. The van der Waals surface area contributed by atoms with Gasteiger partial charge in [-0.3, -0.25) is 9.48 Å². The van der Waals surface area contributed by atoms with E-state index >= 15 is 0 Å². The molecule has 156 valence electrons. The van der Waals surface area contributed by atoms with Gasteiger partial charge in [0.15, 0.2) is 5.69 Å². The molecule has 1 aliphatic carbocycles. The van der Waals surface area contributed by atoms with Crippen LogP contribution in [0.2, 0.25) is 0 Å². The number of rotatable bonds is 3. The second kappa shape index (κ2) is 8.54. The molecule has 0 spiro atoms. The van der Waals surface area contributed by atoms with Gasteiger partial charge in [-0.15, -0.1) is 0 Å². The molecular weight excluding hydrogens is 350 g/mol. The Labute approximate surface area is 169 Å². The number of hydrogen-bond donors (Lipinski definition) is 0. The Morgan fingerprint density at radius 2 is 1.86 bits per heavy atom. The van der Waals surface area contributed by atoms with Crippen LogP contribution in [0.1, 0.15) is 61.3 Å². The molecule has 2 fully saturated rings. The van der Waals surface area contributed by atoms with Crippen molar-refractivity contribution in [3.63, 3.8) is 0 Å². The number of aryl methyl sites for hydroxylation is 1. The minimum atomic E-state index is 0.159. The third-order valence-corrected chi connectivity index (χ3v) is 7.16. The molecule has 0 N–H and O–H groups in total. The number of carbonyl (C=O) groups is 1. The molecule has 1 amide bonds. The zero-order valence-corrected chi connectivity index (χ0v) is 18.0. The minimum absolute atomic E-state index is 0.159. The molecule has 3 heterocycles. The van der Waals surface area contributed by atoms with Crippen LogP contribution in [0.3, 0.4) is 0 Å². The van der Waals surface area contributed by atoms with Gasteiger partial charge in [0.05, 0.1) is 0 Å². The molecule has 28 heavy (non-hydrogen) atoms. The SMILES string of the molecule is CCn1nc(C(=O)N2CCCN(C)CC2)c2c1CC[C@H](N1CCC(C)CC1)C2. The van der Waals surface area contributed by atoms with Crippen LogP contribution in [0.5, 0.6) is 0 Å². The van der Waals surface area contributed by atoms with Crippen molar-refractivity contribution in [3.8, 4) is 0 Å². The summed E-state index contributed by atoms with van der Waals surface area (Å²) in [7, 11) is 2.14. The molecule has 4 rings (SSSR count). The van der Waals surface area contributed by atoms with Crippen LogP contribution in [-0.2, 0) is 19.4 Å². The first kappa shape index (κ1) is 19.9. The quantitative estimate of drug-likeness (QED) is 0.798. The highest BCUT2D eigenvalue weighted by Crippen LogP contribution is 2.30. The Morgan fingerprint density at radius 3 is 2.61 bits per heavy atom. The van der Waals surface area contributed by atoms with E-state index in [1.165, 1.54) is 43.6 Å². The van der Waals surface area contributed by atoms with Crippen LogP contribution in [-0.4, -0.2) is 82.7 Å². The maximum absolute atomic E-state index is 13.4. The molecule has 1 atom stereocenters. The fourth-order valence-corrected chi connectivity index (χ4v) is 5.21. The van der Waals surface area contributed by atoms with Gasteiger partial charge >= 0.3 is 0 Å². The molecule has 0 saturated carbocycles. The lowest BCUT2D eigenvalue weighted by Gasteiger charge is -2.38. The molecule has 2 aliphatic heterocycles. The highest BCUT2D eigenvalue weighted by molar-refractivity contribution is 5.94. The van der Waals surface area contributed by atoms with Crippen molar-refractivity contribution in [3.05, 3.63) is 17.0 Å². The van der Waals surface area contributed by atoms with Crippen LogP contribution in [0.4, 0.5) is 0 Å². The van der Waals surface area contributed by atoms with Crippen LogP contribution >= 0.6 is 0 Å². The number of aromatic nitrogens is 2. The van der Waals surface area contributed by atoms with Crippen molar-refractivity contribution < 1.29 is 4.79 Å². The van der Waals surface area contributed by atoms with Crippen molar-refractivity contribution in [2.75, 3.05) is 46.3 Å². The zero-order chi connectivity index (χ0) is 19.7. The number of hydrogen-bond acceptors (Lipinski definition) is 4. The monoisotopic (exact) mass is 387 g/mol. The lowest BCUT2D eigenvalue weighted by atomic mass is 9.88. The Hall–Kier alpha value is -1.40. The number of piperidine rings is 1. The number of amides is 1. The summed E-state index contributed by atoms with van der Waals surface area (Å²) in [4.78, 5) is 20.4. The van der Waals surface area contributed by atoms with Gasteiger partial charge in [0, 0.05) is 43.5 Å². The summed E-state index contributed by atoms with van der Waals surface area (Å²) in [5.74, 6) is 1.02. The minimum Gasteiger partial charge on any atom is -0.336 e. The van der Waals surface area contributed by atoms with Gasteiger partial charge in [0.25, 0.3) is 5.91 Å². The second-order valence-corrected chi connectivity index (χ2v) is 9.15. The average Bonchev–Trinajstić information content (AvgIpc) is 2.94. The Bertz CT molecular complexity index is 691. The van der Waals surface area contributed by atoms with Gasteiger partial charge in [-0.2, -0.15) is 5.10 Å². The molecule has 2 saturated heterocycles. The highest BCUT2D eigenvalue weighted by atomic mass is 16.2. The predicted molar refractivity (Wildman–Crippen MR) is 112 cm³/mol. The lowest BCUT2D eigenvalue weighted by molar-refractivity contribution is 0.0753. The summed E-state index contributed by atoms with van der Waals surface area (Å²) in [5, 5.41) is 4.82. The first-order valence-electron chi connectivity index (χ1n) is 11.4. The first-order chi connectivity index (χ1) is 13.6. The van der Waals surface area contributed by atoms with Crippen molar-refractivity contribution in [1.29, 1.82) is 0 Å². The van der Waals surface area contributed by atoms with E-state index in [-0.39, 0.29) is 5.91 Å². The van der Waals surface area contributed by atoms with Crippen LogP contribution in [0.15, 0.2) is 0 Å². The number of fused-ring (bicyclic) bond motifs is 1. The molecule has 0 radical (unpaired) electrons. The summed E-state index contributed by atoms with van der Waals surface area (Å²) < 4.78 is 2.10. The van der Waals surface area contributed by atoms with Crippen molar-refractivity contribution in [1.82, 2.24) is 24.5 Å². The summed E-state index contributed by atoms with van der Waals surface area (Å²) in [6.07, 6.45) is 6.93. The third-order valence-electron chi connectivity index (χ3n) is 7.16. The Kier molecular flexibility index (Phi) is 6.07. The maximum atomic E-state index is 13.4. The van der Waals surface area contributed by atoms with Crippen molar-refractivity contribution in [2.24, 2.45) is 5.92 Å². The van der Waals surface area contributed by atoms with Gasteiger partial charge in [-0.1, -0.05) is 6.92 Å². The van der Waals surface area contributed by atoms with E-state index in [1.54, 1.807) is 0 Å². The van der Waals surface area contributed by atoms with Gasteiger partial charge in [-0.25, -0.2) is 0 Å². The maximum Gasteiger partial charge on any atom is 0.274 e. The van der Waals surface area contributed by atoms with E-state index in [0.29, 0.717) is 6.04 Å². The van der Waals surface area contributed by atoms with Gasteiger partial charge in [-0.05, 0) is 78.0 Å². The van der Waals surface area contributed by atoms with Crippen LogP contribution in [0, 0.1) is 5.92 Å². The predicted octanol–water partition coefficient (Wildman–Crippen LogP) is 2.27. The van der Waals surface area contributed by atoms with Crippen molar-refractivity contribution in [2.45, 2.75) is 65.0 Å². The van der Waals surface area contributed by atoms with Gasteiger partial charge in [0.1, 0.15) is 0 Å². The number of likely N-dealkylation sites (tertiary alicyclic amines) is 1. The highest BCUT2D eigenvalue weighted by Gasteiger charge is 2.34. The van der Waals surface area contributed by atoms with Gasteiger partial charge < -0.3 is 14.7 Å². The lowest BCUT2D eigenvalue weighted by Crippen LogP contribution is -2.44. The topological polar surface area (TPSA) is 44.6 Å². The van der Waals surface area contributed by atoms with Crippen molar-refractivity contribution >= 4 is 5.91 Å². The summed E-state index contributed by atoms with van der Waals surface area (Å²) in [6.45, 7) is 11.5. The van der Waals surface area contributed by atoms with E-state index in [0.717, 1.165) is 63.6 Å². The smallest absolute Gasteiger partial charge is 0.274 e. The summed E-state index contributed by atoms with van der Waals surface area (Å²) in [5.41, 5.74) is 3.32. The molecule has 6 heteroatoms. The second-order valence-electron chi connectivity index (χ2n) is 9.15. The Balaban J connectivity index is 1.54. The largest absolute Gasteiger partial charge is 0.336 e.